The van der Waals surface area contributed by atoms with Gasteiger partial charge in [0.15, 0.2) is 0 Å². The molecule has 3 N–H and O–H groups in total. The Hall–Kier alpha value is -1.36. The topological polar surface area (TPSA) is 72.5 Å². The number of ether oxygens (including phenoxy) is 1. The Morgan fingerprint density at radius 2 is 2.26 bits per heavy atom. The van der Waals surface area contributed by atoms with Crippen LogP contribution in [0, 0.1) is 5.41 Å². The molecule has 0 amide bonds. The van der Waals surface area contributed by atoms with Crippen LogP contribution >= 0.6 is 11.8 Å². The van der Waals surface area contributed by atoms with Crippen LogP contribution in [0.4, 0.5) is 5.69 Å². The van der Waals surface area contributed by atoms with Gasteiger partial charge in [0.1, 0.15) is 5.75 Å². The van der Waals surface area contributed by atoms with Gasteiger partial charge in [0, 0.05) is 17.0 Å². The molecule has 0 saturated heterocycles. The molecule has 4 nitrogen and oxygen atoms in total. The van der Waals surface area contributed by atoms with Crippen molar-refractivity contribution in [1.82, 2.24) is 0 Å². The lowest BCUT2D eigenvalue weighted by molar-refractivity contribution is -0.141. The molecule has 0 aliphatic heterocycles. The van der Waals surface area contributed by atoms with E-state index in [2.05, 4.69) is 0 Å². The van der Waals surface area contributed by atoms with Gasteiger partial charge in [-0.3, -0.25) is 4.79 Å². The van der Waals surface area contributed by atoms with Crippen LogP contribution in [0.15, 0.2) is 18.2 Å². The minimum Gasteiger partial charge on any atom is -0.508 e. The molecule has 1 aromatic carbocycles. The molecule has 1 saturated carbocycles. The molecule has 0 radical (unpaired) electrons. The molecule has 0 unspecified atom stereocenters. The van der Waals surface area contributed by atoms with Crippen LogP contribution in [-0.4, -0.2) is 23.9 Å². The third kappa shape index (κ3) is 3.80. The number of hydrogen-bond donors (Lipinski definition) is 2. The molecule has 1 aromatic rings. The molecule has 0 heterocycles. The van der Waals surface area contributed by atoms with E-state index in [0.717, 1.165) is 24.2 Å². The van der Waals surface area contributed by atoms with Gasteiger partial charge in [-0.2, -0.15) is 11.8 Å². The van der Waals surface area contributed by atoms with Gasteiger partial charge in [-0.05, 0) is 42.2 Å². The zero-order valence-corrected chi connectivity index (χ0v) is 11.8. The SMILES string of the molecule is COC(=O)CC1(CSCc2cc(N)ccc2O)CC1. The predicted octanol–water partition coefficient (Wildman–Crippen LogP) is 2.55. The molecule has 0 bridgehead atoms. The number of methoxy groups -OCH3 is 1. The number of hydrogen-bond acceptors (Lipinski definition) is 5. The van der Waals surface area contributed by atoms with Crippen LogP contribution in [-0.2, 0) is 15.3 Å². The summed E-state index contributed by atoms with van der Waals surface area (Å²) < 4.78 is 4.72. The van der Waals surface area contributed by atoms with Gasteiger partial charge >= 0.3 is 5.97 Å². The van der Waals surface area contributed by atoms with Crippen molar-refractivity contribution in [3.05, 3.63) is 23.8 Å². The summed E-state index contributed by atoms with van der Waals surface area (Å²) in [6, 6.07) is 5.10. The largest absolute Gasteiger partial charge is 0.508 e. The van der Waals surface area contributed by atoms with Gasteiger partial charge in [-0.25, -0.2) is 0 Å². The van der Waals surface area contributed by atoms with E-state index in [-0.39, 0.29) is 17.1 Å². The molecule has 2 rings (SSSR count). The maximum absolute atomic E-state index is 11.3. The fourth-order valence-corrected chi connectivity index (χ4v) is 3.40. The number of nitrogens with two attached hydrogens (primary N) is 1. The summed E-state index contributed by atoms with van der Waals surface area (Å²) in [5.41, 5.74) is 7.32. The van der Waals surface area contributed by atoms with Crippen molar-refractivity contribution >= 4 is 23.4 Å². The van der Waals surface area contributed by atoms with E-state index in [1.54, 1.807) is 30.0 Å². The summed E-state index contributed by atoms with van der Waals surface area (Å²) in [5, 5.41) is 9.72. The van der Waals surface area contributed by atoms with Crippen LogP contribution in [0.3, 0.4) is 0 Å². The molecular weight excluding hydrogens is 262 g/mol. The number of carbonyl (C=O) groups is 1. The molecule has 0 atom stereocenters. The van der Waals surface area contributed by atoms with Crippen molar-refractivity contribution in [1.29, 1.82) is 0 Å². The van der Waals surface area contributed by atoms with E-state index in [1.807, 2.05) is 0 Å². The van der Waals surface area contributed by atoms with Crippen molar-refractivity contribution in [2.75, 3.05) is 18.6 Å². The lowest BCUT2D eigenvalue weighted by atomic mass is 10.1. The zero-order chi connectivity index (χ0) is 13.9. The summed E-state index contributed by atoms with van der Waals surface area (Å²) in [5.74, 6) is 1.76. The normalized spacial score (nSPS) is 16.1. The first kappa shape index (κ1) is 14.1. The number of benzene rings is 1. The van der Waals surface area contributed by atoms with E-state index < -0.39 is 0 Å². The number of thioether (sulfide) groups is 1. The van der Waals surface area contributed by atoms with Crippen LogP contribution in [0.25, 0.3) is 0 Å². The Kier molecular flexibility index (Phi) is 4.24. The molecule has 1 aliphatic carbocycles. The van der Waals surface area contributed by atoms with Crippen LogP contribution in [0.1, 0.15) is 24.8 Å². The molecule has 0 aromatic heterocycles. The number of aromatic hydroxyl groups is 1. The van der Waals surface area contributed by atoms with E-state index in [0.29, 0.717) is 17.9 Å². The monoisotopic (exact) mass is 281 g/mol. The lowest BCUT2D eigenvalue weighted by Gasteiger charge is -2.13. The van der Waals surface area contributed by atoms with Gasteiger partial charge in [0.25, 0.3) is 0 Å². The minimum atomic E-state index is -0.134. The maximum atomic E-state index is 11.3. The molecule has 1 fully saturated rings. The number of esters is 1. The van der Waals surface area contributed by atoms with Gasteiger partial charge in [-0.15, -0.1) is 0 Å². The Morgan fingerprint density at radius 1 is 1.53 bits per heavy atom. The summed E-state index contributed by atoms with van der Waals surface area (Å²) in [4.78, 5) is 11.3. The smallest absolute Gasteiger partial charge is 0.306 e. The second-order valence-electron chi connectivity index (χ2n) is 5.13. The van der Waals surface area contributed by atoms with Gasteiger partial charge in [0.2, 0.25) is 0 Å². The Morgan fingerprint density at radius 3 is 2.89 bits per heavy atom. The average molecular weight is 281 g/mol. The summed E-state index contributed by atoms with van der Waals surface area (Å²) in [7, 11) is 1.43. The quantitative estimate of drug-likeness (QED) is 0.476. The van der Waals surface area contributed by atoms with Crippen molar-refractivity contribution in [2.24, 2.45) is 5.41 Å². The number of anilines is 1. The Bertz CT molecular complexity index is 472. The first-order valence-electron chi connectivity index (χ1n) is 6.27. The second kappa shape index (κ2) is 5.74. The summed E-state index contributed by atoms with van der Waals surface area (Å²) in [6.07, 6.45) is 2.66. The van der Waals surface area contributed by atoms with E-state index in [1.165, 1.54) is 7.11 Å². The van der Waals surface area contributed by atoms with Crippen LogP contribution in [0.5, 0.6) is 5.75 Å². The number of phenolic OH excluding ortho intramolecular Hbond substituents is 1. The van der Waals surface area contributed by atoms with E-state index >= 15 is 0 Å². The number of nitrogen functional groups attached to an aromatic ring is 1. The third-order valence-electron chi connectivity index (χ3n) is 3.47. The fourth-order valence-electron chi connectivity index (χ4n) is 2.03. The molecule has 5 heteroatoms. The molecule has 0 spiro atoms. The van der Waals surface area contributed by atoms with Crippen molar-refractivity contribution in [2.45, 2.75) is 25.0 Å². The Labute approximate surface area is 117 Å². The second-order valence-corrected chi connectivity index (χ2v) is 6.12. The van der Waals surface area contributed by atoms with Gasteiger partial charge in [0.05, 0.1) is 13.5 Å². The summed E-state index contributed by atoms with van der Waals surface area (Å²) >= 11 is 1.73. The highest BCUT2D eigenvalue weighted by atomic mass is 32.2. The first-order chi connectivity index (χ1) is 9.04. The van der Waals surface area contributed by atoms with E-state index in [4.69, 9.17) is 10.5 Å². The summed E-state index contributed by atoms with van der Waals surface area (Å²) in [6.45, 7) is 0. The van der Waals surface area contributed by atoms with Crippen LogP contribution in [0.2, 0.25) is 0 Å². The highest BCUT2D eigenvalue weighted by molar-refractivity contribution is 7.98. The Balaban J connectivity index is 1.83. The number of carbonyl (C=O) groups excluding carboxylic acids is 1. The molecule has 19 heavy (non-hydrogen) atoms. The van der Waals surface area contributed by atoms with Crippen molar-refractivity contribution < 1.29 is 14.6 Å². The average Bonchev–Trinajstić information content (AvgIpc) is 3.13. The number of phenols is 1. The van der Waals surface area contributed by atoms with Crippen molar-refractivity contribution in [3.63, 3.8) is 0 Å². The van der Waals surface area contributed by atoms with Gasteiger partial charge < -0.3 is 15.6 Å². The zero-order valence-electron chi connectivity index (χ0n) is 11.0. The lowest BCUT2D eigenvalue weighted by Crippen LogP contribution is -2.13. The highest BCUT2D eigenvalue weighted by Crippen LogP contribution is 2.51. The maximum Gasteiger partial charge on any atom is 0.306 e. The molecular formula is C14H19NO3S. The fraction of sp³-hybridized carbons (Fsp3) is 0.500. The molecule has 1 aliphatic rings. The standard InChI is InChI=1S/C14H19NO3S/c1-18-13(17)7-14(4-5-14)9-19-8-10-6-11(15)2-3-12(10)16/h2-3,6,16H,4-5,7-9,15H2,1H3. The van der Waals surface area contributed by atoms with Crippen molar-refractivity contribution in [3.8, 4) is 5.75 Å². The third-order valence-corrected chi connectivity index (χ3v) is 4.81. The minimum absolute atomic E-state index is 0.119. The molecule has 104 valence electrons. The highest BCUT2D eigenvalue weighted by Gasteiger charge is 2.44. The number of rotatable bonds is 6. The van der Waals surface area contributed by atoms with E-state index in [9.17, 15) is 9.90 Å². The van der Waals surface area contributed by atoms with Crippen LogP contribution < -0.4 is 5.73 Å². The predicted molar refractivity (Wildman–Crippen MR) is 77.0 cm³/mol. The first-order valence-corrected chi connectivity index (χ1v) is 7.42. The van der Waals surface area contributed by atoms with Gasteiger partial charge in [-0.1, -0.05) is 0 Å².